The summed E-state index contributed by atoms with van der Waals surface area (Å²) >= 11 is 2.86. The van der Waals surface area contributed by atoms with Crippen molar-refractivity contribution < 1.29 is 4.79 Å². The van der Waals surface area contributed by atoms with E-state index < -0.39 is 0 Å². The molecule has 0 aliphatic heterocycles. The third-order valence-corrected chi connectivity index (χ3v) is 3.00. The van der Waals surface area contributed by atoms with E-state index >= 15 is 0 Å². The van der Waals surface area contributed by atoms with Gasteiger partial charge in [0.05, 0.1) is 5.75 Å². The van der Waals surface area contributed by atoms with Crippen LogP contribution in [0.1, 0.15) is 0 Å². The van der Waals surface area contributed by atoms with Crippen molar-refractivity contribution in [1.29, 1.82) is 0 Å². The smallest absolute Gasteiger partial charge is 0.232 e. The van der Waals surface area contributed by atoms with Gasteiger partial charge in [0.2, 0.25) is 5.91 Å². The number of carbonyl (C=O) groups excluding carboxylic acids is 1. The van der Waals surface area contributed by atoms with Crippen LogP contribution in [0.2, 0.25) is 0 Å². The first-order valence-corrected chi connectivity index (χ1v) is 5.16. The molecule has 66 valence electrons. The van der Waals surface area contributed by atoms with Crippen LogP contribution < -0.4 is 0 Å². The summed E-state index contributed by atoms with van der Waals surface area (Å²) in [6, 6.07) is 0. The maximum absolute atomic E-state index is 11.1. The Morgan fingerprint density at radius 2 is 2.50 bits per heavy atom. The predicted molar refractivity (Wildman–Crippen MR) is 49.3 cm³/mol. The molecule has 1 aromatic rings. The fraction of sp³-hybridized carbons (Fsp3) is 0.500. The molecule has 0 unspecified atom stereocenters. The Morgan fingerprint density at radius 3 is 3.00 bits per heavy atom. The molecule has 1 rings (SSSR count). The Kier molecular flexibility index (Phi) is 3.48. The minimum absolute atomic E-state index is 0.0928. The van der Waals surface area contributed by atoms with Crippen molar-refractivity contribution in [2.24, 2.45) is 0 Å². The van der Waals surface area contributed by atoms with Crippen LogP contribution >= 0.6 is 23.1 Å². The fourth-order valence-corrected chi connectivity index (χ4v) is 1.95. The molecule has 6 heteroatoms. The molecule has 0 aliphatic rings. The number of nitrogens with zero attached hydrogens (tertiary/aromatic N) is 3. The standard InChI is InChI=1S/C6H9N3OS2/c1-9(2)5(10)3-11-6-8-7-4-12-6/h4H,3H2,1-2H3. The zero-order valence-electron chi connectivity index (χ0n) is 6.85. The van der Waals surface area contributed by atoms with Crippen molar-refractivity contribution in [2.75, 3.05) is 19.8 Å². The molecular formula is C6H9N3OS2. The summed E-state index contributed by atoms with van der Waals surface area (Å²) in [6.07, 6.45) is 0. The third-order valence-electron chi connectivity index (χ3n) is 1.16. The van der Waals surface area contributed by atoms with E-state index in [9.17, 15) is 4.79 Å². The van der Waals surface area contributed by atoms with Crippen LogP contribution in [-0.4, -0.2) is 40.9 Å². The first-order valence-electron chi connectivity index (χ1n) is 3.29. The molecule has 0 N–H and O–H groups in total. The molecule has 0 bridgehead atoms. The zero-order chi connectivity index (χ0) is 8.97. The molecule has 0 atom stereocenters. The minimum atomic E-state index is 0.0928. The second kappa shape index (κ2) is 4.42. The number of thioether (sulfide) groups is 1. The zero-order valence-corrected chi connectivity index (χ0v) is 8.48. The number of carbonyl (C=O) groups is 1. The van der Waals surface area contributed by atoms with Gasteiger partial charge in [0, 0.05) is 14.1 Å². The van der Waals surface area contributed by atoms with E-state index in [2.05, 4.69) is 10.2 Å². The monoisotopic (exact) mass is 203 g/mol. The summed E-state index contributed by atoms with van der Waals surface area (Å²) in [5.41, 5.74) is 1.66. The van der Waals surface area contributed by atoms with Gasteiger partial charge in [-0.15, -0.1) is 10.2 Å². The Labute approximate surface area is 79.0 Å². The summed E-state index contributed by atoms with van der Waals surface area (Å²) in [7, 11) is 3.48. The lowest BCUT2D eigenvalue weighted by atomic mass is 10.6. The van der Waals surface area contributed by atoms with E-state index in [0.29, 0.717) is 5.75 Å². The van der Waals surface area contributed by atoms with Gasteiger partial charge in [-0.05, 0) is 0 Å². The average Bonchev–Trinajstić information content (AvgIpc) is 2.51. The maximum atomic E-state index is 11.1. The van der Waals surface area contributed by atoms with Gasteiger partial charge in [0.1, 0.15) is 5.51 Å². The summed E-state index contributed by atoms with van der Waals surface area (Å²) in [5, 5.41) is 7.48. The van der Waals surface area contributed by atoms with Crippen LogP contribution in [0.4, 0.5) is 0 Å². The van der Waals surface area contributed by atoms with Gasteiger partial charge in [-0.3, -0.25) is 4.79 Å². The van der Waals surface area contributed by atoms with Crippen molar-refractivity contribution in [3.8, 4) is 0 Å². The Morgan fingerprint density at radius 1 is 1.75 bits per heavy atom. The number of aromatic nitrogens is 2. The Hall–Kier alpha value is -0.620. The fourth-order valence-electron chi connectivity index (χ4n) is 0.478. The van der Waals surface area contributed by atoms with E-state index in [1.165, 1.54) is 23.1 Å². The molecule has 0 aliphatic carbocycles. The van der Waals surface area contributed by atoms with Crippen molar-refractivity contribution in [2.45, 2.75) is 4.34 Å². The summed E-state index contributed by atoms with van der Waals surface area (Å²) in [6.45, 7) is 0. The molecular weight excluding hydrogens is 194 g/mol. The summed E-state index contributed by atoms with van der Waals surface area (Å²) in [4.78, 5) is 12.7. The molecule has 0 fully saturated rings. The van der Waals surface area contributed by atoms with Crippen molar-refractivity contribution >= 4 is 29.0 Å². The first kappa shape index (κ1) is 9.47. The van der Waals surface area contributed by atoms with E-state index in [4.69, 9.17) is 0 Å². The predicted octanol–water partition coefficient (Wildman–Crippen LogP) is 0.718. The van der Waals surface area contributed by atoms with Gasteiger partial charge >= 0.3 is 0 Å². The van der Waals surface area contributed by atoms with Gasteiger partial charge in [-0.25, -0.2) is 0 Å². The molecule has 0 saturated heterocycles. The quantitative estimate of drug-likeness (QED) is 0.679. The van der Waals surface area contributed by atoms with E-state index in [0.717, 1.165) is 4.34 Å². The molecule has 0 radical (unpaired) electrons. The highest BCUT2D eigenvalue weighted by atomic mass is 32.2. The van der Waals surface area contributed by atoms with Crippen LogP contribution in [0.15, 0.2) is 9.85 Å². The van der Waals surface area contributed by atoms with Gasteiger partial charge in [0.15, 0.2) is 4.34 Å². The summed E-state index contributed by atoms with van der Waals surface area (Å²) < 4.78 is 0.838. The number of hydrogen-bond donors (Lipinski definition) is 0. The topological polar surface area (TPSA) is 46.1 Å². The number of hydrogen-bond acceptors (Lipinski definition) is 5. The van der Waals surface area contributed by atoms with Gasteiger partial charge in [-0.2, -0.15) is 0 Å². The second-order valence-corrected chi connectivity index (χ2v) is 4.34. The first-order chi connectivity index (χ1) is 5.70. The lowest BCUT2D eigenvalue weighted by molar-refractivity contribution is -0.125. The van der Waals surface area contributed by atoms with Crippen LogP contribution in [0.5, 0.6) is 0 Å². The van der Waals surface area contributed by atoms with Crippen molar-refractivity contribution in [3.05, 3.63) is 5.51 Å². The third kappa shape index (κ3) is 2.78. The molecule has 0 spiro atoms. The normalized spacial score (nSPS) is 9.83. The Bertz CT molecular complexity index is 247. The maximum Gasteiger partial charge on any atom is 0.232 e. The largest absolute Gasteiger partial charge is 0.348 e. The Balaban J connectivity index is 2.32. The molecule has 12 heavy (non-hydrogen) atoms. The van der Waals surface area contributed by atoms with Crippen LogP contribution in [-0.2, 0) is 4.79 Å². The molecule has 1 heterocycles. The van der Waals surface area contributed by atoms with Gasteiger partial charge in [-0.1, -0.05) is 23.1 Å². The second-order valence-electron chi connectivity index (χ2n) is 2.28. The molecule has 0 aromatic carbocycles. The SMILES string of the molecule is CN(C)C(=O)CSc1nncs1. The molecule has 4 nitrogen and oxygen atoms in total. The highest BCUT2D eigenvalue weighted by Gasteiger charge is 2.05. The number of rotatable bonds is 3. The van der Waals surface area contributed by atoms with Crippen LogP contribution in [0.25, 0.3) is 0 Å². The minimum Gasteiger partial charge on any atom is -0.348 e. The van der Waals surface area contributed by atoms with Crippen molar-refractivity contribution in [3.63, 3.8) is 0 Å². The van der Waals surface area contributed by atoms with Gasteiger partial charge < -0.3 is 4.90 Å². The van der Waals surface area contributed by atoms with E-state index in [1.54, 1.807) is 24.5 Å². The molecule has 1 aromatic heterocycles. The average molecular weight is 203 g/mol. The van der Waals surface area contributed by atoms with Crippen LogP contribution in [0.3, 0.4) is 0 Å². The lowest BCUT2D eigenvalue weighted by Crippen LogP contribution is -2.23. The van der Waals surface area contributed by atoms with Gasteiger partial charge in [0.25, 0.3) is 0 Å². The highest BCUT2D eigenvalue weighted by Crippen LogP contribution is 2.18. The van der Waals surface area contributed by atoms with E-state index in [-0.39, 0.29) is 5.91 Å². The molecule has 1 amide bonds. The number of amides is 1. The van der Waals surface area contributed by atoms with E-state index in [1.807, 2.05) is 0 Å². The molecule has 0 saturated carbocycles. The summed E-state index contributed by atoms with van der Waals surface area (Å²) in [5.74, 6) is 0.526. The van der Waals surface area contributed by atoms with Crippen molar-refractivity contribution in [1.82, 2.24) is 15.1 Å². The van der Waals surface area contributed by atoms with Crippen LogP contribution in [0, 0.1) is 0 Å². The highest BCUT2D eigenvalue weighted by molar-refractivity contribution is 8.01. The lowest BCUT2D eigenvalue weighted by Gasteiger charge is -2.07.